The molecule has 0 spiro atoms. The van der Waals surface area contributed by atoms with E-state index in [0.29, 0.717) is 0 Å². The summed E-state index contributed by atoms with van der Waals surface area (Å²) >= 11 is 0. The van der Waals surface area contributed by atoms with Crippen molar-refractivity contribution in [2.75, 3.05) is 39.4 Å². The Kier molecular flexibility index (Phi) is 13.0. The number of aromatic nitrogens is 1. The van der Waals surface area contributed by atoms with E-state index in [9.17, 15) is 0 Å². The van der Waals surface area contributed by atoms with Crippen LogP contribution in [0.1, 0.15) is 45.2 Å². The highest BCUT2D eigenvalue weighted by Gasteiger charge is 2.11. The number of carboxylic acids is 2. The quantitative estimate of drug-likeness (QED) is 0.480. The maximum Gasteiger partial charge on any atom is 0.414 e. The van der Waals surface area contributed by atoms with E-state index in [1.165, 1.54) is 31.4 Å². The second kappa shape index (κ2) is 15.0. The van der Waals surface area contributed by atoms with Crippen LogP contribution < -0.4 is 5.32 Å². The Morgan fingerprint density at radius 3 is 2.45 bits per heavy atom. The van der Waals surface area contributed by atoms with E-state index in [4.69, 9.17) is 24.5 Å². The molecule has 0 radical (unpaired) electrons. The molecule has 1 atom stereocenters. The van der Waals surface area contributed by atoms with Gasteiger partial charge in [-0.2, -0.15) is 0 Å². The van der Waals surface area contributed by atoms with Crippen molar-refractivity contribution in [2.45, 2.75) is 52.6 Å². The van der Waals surface area contributed by atoms with E-state index < -0.39 is 11.9 Å². The summed E-state index contributed by atoms with van der Waals surface area (Å²) < 4.78 is 7.81. The Bertz CT molecular complexity index is 573. The zero-order valence-electron chi connectivity index (χ0n) is 17.8. The lowest BCUT2D eigenvalue weighted by atomic mass is 9.99. The molecule has 0 aromatic carbocycles. The number of hydrogen-bond donors (Lipinski definition) is 3. The zero-order chi connectivity index (χ0) is 21.5. The SMILES string of the molecule is CCCCC(CC)CNCc1cccn1CCN1CCOCC1.O=C(O)C(=O)O. The van der Waals surface area contributed by atoms with Gasteiger partial charge in [-0.25, -0.2) is 9.59 Å². The van der Waals surface area contributed by atoms with Crippen LogP contribution in [0.25, 0.3) is 0 Å². The molecule has 0 bridgehead atoms. The fourth-order valence-corrected chi connectivity index (χ4v) is 3.25. The van der Waals surface area contributed by atoms with Gasteiger partial charge in [0.25, 0.3) is 0 Å². The first kappa shape index (κ1) is 25.1. The molecule has 0 aliphatic carbocycles. The molecule has 2 heterocycles. The van der Waals surface area contributed by atoms with Crippen molar-refractivity contribution in [3.63, 3.8) is 0 Å². The summed E-state index contributed by atoms with van der Waals surface area (Å²) in [7, 11) is 0. The number of carboxylic acid groups (broad SMARTS) is 2. The van der Waals surface area contributed by atoms with Crippen LogP contribution in [0.2, 0.25) is 0 Å². The molecule has 29 heavy (non-hydrogen) atoms. The summed E-state index contributed by atoms with van der Waals surface area (Å²) in [5, 5.41) is 18.5. The smallest absolute Gasteiger partial charge is 0.414 e. The van der Waals surface area contributed by atoms with Crippen LogP contribution in [0.3, 0.4) is 0 Å². The number of unbranched alkanes of at least 4 members (excludes halogenated alkanes) is 1. The Labute approximate surface area is 173 Å². The average Bonchev–Trinajstić information content (AvgIpc) is 3.17. The number of ether oxygens (including phenoxy) is 1. The van der Waals surface area contributed by atoms with Crippen LogP contribution in [0, 0.1) is 5.92 Å². The molecule has 3 N–H and O–H groups in total. The van der Waals surface area contributed by atoms with E-state index >= 15 is 0 Å². The molecular formula is C21H37N3O5. The minimum atomic E-state index is -1.82. The topological polar surface area (TPSA) is 104 Å². The minimum absolute atomic E-state index is 0.826. The third-order valence-corrected chi connectivity index (χ3v) is 5.15. The first-order valence-electron chi connectivity index (χ1n) is 10.6. The first-order chi connectivity index (χ1) is 14.0. The van der Waals surface area contributed by atoms with Crippen LogP contribution in [0.4, 0.5) is 0 Å². The molecule has 8 nitrogen and oxygen atoms in total. The Morgan fingerprint density at radius 1 is 1.17 bits per heavy atom. The second-order valence-corrected chi connectivity index (χ2v) is 7.30. The van der Waals surface area contributed by atoms with E-state index in [0.717, 1.165) is 58.4 Å². The van der Waals surface area contributed by atoms with Gasteiger partial charge in [-0.1, -0.05) is 33.1 Å². The summed E-state index contributed by atoms with van der Waals surface area (Å²) in [4.78, 5) is 20.7. The van der Waals surface area contributed by atoms with Crippen LogP contribution in [-0.4, -0.2) is 71.0 Å². The van der Waals surface area contributed by atoms with Gasteiger partial charge in [0.1, 0.15) is 0 Å². The standard InChI is InChI=1S/C19H35N3O.C2H2O4/c1-3-5-7-18(4-2)16-20-17-19-8-6-9-22(19)11-10-21-12-14-23-15-13-21;3-1(4)2(5)6/h6,8-9,18,20H,3-5,7,10-17H2,1-2H3;(H,3,4)(H,5,6). The van der Waals surface area contributed by atoms with Gasteiger partial charge in [-0.15, -0.1) is 0 Å². The van der Waals surface area contributed by atoms with Crippen LogP contribution in [0.5, 0.6) is 0 Å². The molecule has 0 amide bonds. The van der Waals surface area contributed by atoms with E-state index in [-0.39, 0.29) is 0 Å². The van der Waals surface area contributed by atoms with Gasteiger partial charge in [0.2, 0.25) is 0 Å². The summed E-state index contributed by atoms with van der Waals surface area (Å²) in [6.07, 6.45) is 7.52. The van der Waals surface area contributed by atoms with Gasteiger partial charge in [0, 0.05) is 44.6 Å². The van der Waals surface area contributed by atoms with E-state index in [2.05, 4.69) is 47.0 Å². The summed E-state index contributed by atoms with van der Waals surface area (Å²) in [5.74, 6) is -2.82. The third kappa shape index (κ3) is 11.0. The number of aliphatic carboxylic acids is 2. The lowest BCUT2D eigenvalue weighted by molar-refractivity contribution is -0.159. The first-order valence-corrected chi connectivity index (χ1v) is 10.6. The highest BCUT2D eigenvalue weighted by atomic mass is 16.5. The van der Waals surface area contributed by atoms with Crippen LogP contribution in [0.15, 0.2) is 18.3 Å². The number of hydrogen-bond acceptors (Lipinski definition) is 5. The normalized spacial score (nSPS) is 15.4. The highest BCUT2D eigenvalue weighted by molar-refractivity contribution is 6.27. The minimum Gasteiger partial charge on any atom is -0.473 e. The maximum atomic E-state index is 9.10. The van der Waals surface area contributed by atoms with Crippen molar-refractivity contribution in [3.8, 4) is 0 Å². The Balaban J connectivity index is 0.000000612. The van der Waals surface area contributed by atoms with Crippen molar-refractivity contribution < 1.29 is 24.5 Å². The Morgan fingerprint density at radius 2 is 1.86 bits per heavy atom. The predicted molar refractivity (Wildman–Crippen MR) is 112 cm³/mol. The number of morpholine rings is 1. The van der Waals surface area contributed by atoms with E-state index in [1.54, 1.807) is 0 Å². The lowest BCUT2D eigenvalue weighted by Gasteiger charge is -2.27. The molecule has 1 aliphatic rings. The van der Waals surface area contributed by atoms with Crippen molar-refractivity contribution in [2.24, 2.45) is 5.92 Å². The van der Waals surface area contributed by atoms with Gasteiger partial charge in [0.05, 0.1) is 13.2 Å². The Hall–Kier alpha value is -1.90. The summed E-state index contributed by atoms with van der Waals surface area (Å²) in [6.45, 7) is 12.8. The number of rotatable bonds is 11. The van der Waals surface area contributed by atoms with Crippen LogP contribution >= 0.6 is 0 Å². The third-order valence-electron chi connectivity index (χ3n) is 5.15. The number of nitrogens with one attached hydrogen (secondary N) is 1. The molecule has 1 aromatic rings. The van der Waals surface area contributed by atoms with Crippen LogP contribution in [-0.2, 0) is 27.4 Å². The molecule has 1 unspecified atom stereocenters. The molecule has 1 saturated heterocycles. The molecule has 1 aromatic heterocycles. The molecule has 166 valence electrons. The molecule has 2 rings (SSSR count). The van der Waals surface area contributed by atoms with Gasteiger partial charge < -0.3 is 24.8 Å². The predicted octanol–water partition coefficient (Wildman–Crippen LogP) is 2.28. The average molecular weight is 412 g/mol. The van der Waals surface area contributed by atoms with Crippen molar-refractivity contribution >= 4 is 11.9 Å². The monoisotopic (exact) mass is 411 g/mol. The van der Waals surface area contributed by atoms with Crippen molar-refractivity contribution in [3.05, 3.63) is 24.0 Å². The fraction of sp³-hybridized carbons (Fsp3) is 0.714. The summed E-state index contributed by atoms with van der Waals surface area (Å²) in [6, 6.07) is 4.42. The van der Waals surface area contributed by atoms with Crippen molar-refractivity contribution in [1.29, 1.82) is 0 Å². The summed E-state index contributed by atoms with van der Waals surface area (Å²) in [5.41, 5.74) is 1.41. The number of nitrogens with zero attached hydrogens (tertiary/aromatic N) is 2. The zero-order valence-corrected chi connectivity index (χ0v) is 17.8. The number of carbonyl (C=O) groups is 2. The molecular weight excluding hydrogens is 374 g/mol. The lowest BCUT2D eigenvalue weighted by Crippen LogP contribution is -2.38. The van der Waals surface area contributed by atoms with Gasteiger partial charge in [-0.3, -0.25) is 4.90 Å². The van der Waals surface area contributed by atoms with E-state index in [1.807, 2.05) is 0 Å². The van der Waals surface area contributed by atoms with Gasteiger partial charge >= 0.3 is 11.9 Å². The highest BCUT2D eigenvalue weighted by Crippen LogP contribution is 2.12. The van der Waals surface area contributed by atoms with Crippen molar-refractivity contribution in [1.82, 2.24) is 14.8 Å². The molecule has 1 aliphatic heterocycles. The second-order valence-electron chi connectivity index (χ2n) is 7.30. The largest absolute Gasteiger partial charge is 0.473 e. The fourth-order valence-electron chi connectivity index (χ4n) is 3.25. The maximum absolute atomic E-state index is 9.10. The van der Waals surface area contributed by atoms with Gasteiger partial charge in [-0.05, 0) is 31.0 Å². The molecule has 0 saturated carbocycles. The molecule has 8 heteroatoms. The molecule has 1 fully saturated rings. The van der Waals surface area contributed by atoms with Gasteiger partial charge in [0.15, 0.2) is 0 Å².